The van der Waals surface area contributed by atoms with E-state index < -0.39 is 0 Å². The molecular formula is C45H29N3. The van der Waals surface area contributed by atoms with Crippen molar-refractivity contribution in [2.75, 3.05) is 0 Å². The molecule has 0 aliphatic rings. The molecule has 9 rings (SSSR count). The molecule has 0 bridgehead atoms. The largest absolute Gasteiger partial charge is 0.255 e. The molecule has 9 aromatic rings. The maximum Gasteiger partial charge on any atom is 0.0900 e. The summed E-state index contributed by atoms with van der Waals surface area (Å²) >= 11 is 0. The van der Waals surface area contributed by atoms with Crippen LogP contribution in [0.4, 0.5) is 0 Å². The summed E-state index contributed by atoms with van der Waals surface area (Å²) in [7, 11) is 0. The van der Waals surface area contributed by atoms with Crippen LogP contribution in [0.15, 0.2) is 176 Å². The van der Waals surface area contributed by atoms with Crippen LogP contribution in [0.3, 0.4) is 0 Å². The predicted molar refractivity (Wildman–Crippen MR) is 200 cm³/mol. The Morgan fingerprint density at radius 1 is 0.292 bits per heavy atom. The van der Waals surface area contributed by atoms with Crippen molar-refractivity contribution in [1.29, 1.82) is 0 Å². The highest BCUT2D eigenvalue weighted by molar-refractivity contribution is 6.21. The minimum Gasteiger partial charge on any atom is -0.255 e. The molecule has 3 heteroatoms. The molecule has 3 nitrogen and oxygen atoms in total. The number of fused-ring (bicyclic) bond motifs is 3. The SMILES string of the molecule is c1ccc(-c2cc(-c3ccc(-c4c5ccccc5c(-c5ccc6ccccc6c5)c5ccccc45)cc3)cc(-c3ccccn3)n2)nc1. The Morgan fingerprint density at radius 3 is 1.29 bits per heavy atom. The molecule has 6 aromatic carbocycles. The molecule has 0 unspecified atom stereocenters. The minimum absolute atomic E-state index is 0.819. The Hall–Kier alpha value is -6.45. The standard InChI is InChI=1S/C45H29N3/c1-2-12-33-27-34(24-21-30(33)11-1)45-38-15-5-3-13-36(38)44(37-14-4-6-16-39(37)45)32-22-19-31(20-23-32)35-28-42(40-17-7-9-25-46-40)48-43(29-35)41-18-8-10-26-47-41/h1-29H. The van der Waals surface area contributed by atoms with Crippen LogP contribution in [0, 0.1) is 0 Å². The molecule has 224 valence electrons. The van der Waals surface area contributed by atoms with Crippen molar-refractivity contribution in [3.8, 4) is 56.2 Å². The molecule has 0 aliphatic carbocycles. The van der Waals surface area contributed by atoms with E-state index in [1.165, 1.54) is 54.6 Å². The molecule has 0 spiro atoms. The molecule has 3 aromatic heterocycles. The van der Waals surface area contributed by atoms with E-state index in [9.17, 15) is 0 Å². The summed E-state index contributed by atoms with van der Waals surface area (Å²) in [5.74, 6) is 0. The smallest absolute Gasteiger partial charge is 0.0900 e. The lowest BCUT2D eigenvalue weighted by Gasteiger charge is -2.18. The van der Waals surface area contributed by atoms with Gasteiger partial charge in [0.25, 0.3) is 0 Å². The second-order valence-electron chi connectivity index (χ2n) is 12.0. The van der Waals surface area contributed by atoms with Crippen molar-refractivity contribution in [1.82, 2.24) is 15.0 Å². The quantitative estimate of drug-likeness (QED) is 0.182. The minimum atomic E-state index is 0.819. The van der Waals surface area contributed by atoms with Gasteiger partial charge < -0.3 is 0 Å². The summed E-state index contributed by atoms with van der Waals surface area (Å²) in [4.78, 5) is 14.1. The van der Waals surface area contributed by atoms with Gasteiger partial charge in [0.2, 0.25) is 0 Å². The van der Waals surface area contributed by atoms with Crippen LogP contribution in [-0.2, 0) is 0 Å². The number of nitrogens with zero attached hydrogens (tertiary/aromatic N) is 3. The van der Waals surface area contributed by atoms with Gasteiger partial charge in [-0.3, -0.25) is 9.97 Å². The van der Waals surface area contributed by atoms with E-state index in [1.54, 1.807) is 12.4 Å². The third-order valence-electron chi connectivity index (χ3n) is 9.16. The first kappa shape index (κ1) is 27.8. The Morgan fingerprint density at radius 2 is 0.750 bits per heavy atom. The molecular weight excluding hydrogens is 583 g/mol. The average Bonchev–Trinajstić information content (AvgIpc) is 3.17. The molecule has 3 heterocycles. The van der Waals surface area contributed by atoms with E-state index >= 15 is 0 Å². The number of hydrogen-bond acceptors (Lipinski definition) is 3. The fourth-order valence-electron chi connectivity index (χ4n) is 6.91. The van der Waals surface area contributed by atoms with Gasteiger partial charge in [-0.2, -0.15) is 0 Å². The molecule has 0 saturated heterocycles. The van der Waals surface area contributed by atoms with Gasteiger partial charge >= 0.3 is 0 Å². The van der Waals surface area contributed by atoms with E-state index in [0.29, 0.717) is 0 Å². The highest BCUT2D eigenvalue weighted by Crippen LogP contribution is 2.44. The van der Waals surface area contributed by atoms with Crippen LogP contribution in [0.25, 0.3) is 88.5 Å². The van der Waals surface area contributed by atoms with Crippen LogP contribution >= 0.6 is 0 Å². The van der Waals surface area contributed by atoms with Gasteiger partial charge in [0.1, 0.15) is 0 Å². The molecule has 0 amide bonds. The van der Waals surface area contributed by atoms with E-state index in [0.717, 1.165) is 33.9 Å². The van der Waals surface area contributed by atoms with Crippen molar-refractivity contribution >= 4 is 32.3 Å². The summed E-state index contributed by atoms with van der Waals surface area (Å²) in [6, 6.07) is 58.0. The van der Waals surface area contributed by atoms with E-state index in [2.05, 4.69) is 137 Å². The second-order valence-corrected chi connectivity index (χ2v) is 12.0. The zero-order valence-corrected chi connectivity index (χ0v) is 26.1. The number of rotatable bonds is 5. The topological polar surface area (TPSA) is 38.7 Å². The highest BCUT2D eigenvalue weighted by Gasteiger charge is 2.17. The first-order valence-corrected chi connectivity index (χ1v) is 16.2. The van der Waals surface area contributed by atoms with Gasteiger partial charge in [-0.25, -0.2) is 4.98 Å². The third kappa shape index (κ3) is 4.90. The normalized spacial score (nSPS) is 11.3. The summed E-state index contributed by atoms with van der Waals surface area (Å²) in [5.41, 5.74) is 10.4. The Balaban J connectivity index is 1.21. The molecule has 0 aliphatic heterocycles. The van der Waals surface area contributed by atoms with E-state index in [-0.39, 0.29) is 0 Å². The fraction of sp³-hybridized carbons (Fsp3) is 0. The molecule has 0 radical (unpaired) electrons. The van der Waals surface area contributed by atoms with Gasteiger partial charge in [0.05, 0.1) is 22.8 Å². The van der Waals surface area contributed by atoms with Crippen molar-refractivity contribution < 1.29 is 0 Å². The summed E-state index contributed by atoms with van der Waals surface area (Å²) in [5, 5.41) is 7.48. The fourth-order valence-corrected chi connectivity index (χ4v) is 6.91. The van der Waals surface area contributed by atoms with Crippen LogP contribution in [0.5, 0.6) is 0 Å². The first-order chi connectivity index (χ1) is 23.8. The van der Waals surface area contributed by atoms with Gasteiger partial charge in [-0.1, -0.05) is 121 Å². The number of hydrogen-bond donors (Lipinski definition) is 0. The molecule has 0 atom stereocenters. The Kier molecular flexibility index (Phi) is 6.80. The monoisotopic (exact) mass is 611 g/mol. The lowest BCUT2D eigenvalue weighted by Crippen LogP contribution is -1.94. The maximum absolute atomic E-state index is 4.96. The number of benzene rings is 6. The second kappa shape index (κ2) is 11.7. The van der Waals surface area contributed by atoms with Crippen LogP contribution in [0.2, 0.25) is 0 Å². The van der Waals surface area contributed by atoms with Crippen molar-refractivity contribution in [3.63, 3.8) is 0 Å². The van der Waals surface area contributed by atoms with Crippen molar-refractivity contribution in [3.05, 3.63) is 176 Å². The predicted octanol–water partition coefficient (Wildman–Crippen LogP) is 11.7. The van der Waals surface area contributed by atoms with Gasteiger partial charge in [-0.15, -0.1) is 0 Å². The van der Waals surface area contributed by atoms with Gasteiger partial charge in [-0.05, 0) is 108 Å². The lowest BCUT2D eigenvalue weighted by atomic mass is 9.85. The molecule has 0 N–H and O–H groups in total. The van der Waals surface area contributed by atoms with E-state index in [4.69, 9.17) is 4.98 Å². The van der Waals surface area contributed by atoms with Crippen molar-refractivity contribution in [2.24, 2.45) is 0 Å². The zero-order valence-electron chi connectivity index (χ0n) is 26.1. The molecule has 48 heavy (non-hydrogen) atoms. The molecule has 0 fully saturated rings. The van der Waals surface area contributed by atoms with Crippen LogP contribution < -0.4 is 0 Å². The summed E-state index contributed by atoms with van der Waals surface area (Å²) < 4.78 is 0. The maximum atomic E-state index is 4.96. The number of pyridine rings is 3. The van der Waals surface area contributed by atoms with Gasteiger partial charge in [0.15, 0.2) is 0 Å². The average molecular weight is 612 g/mol. The highest BCUT2D eigenvalue weighted by atomic mass is 14.8. The van der Waals surface area contributed by atoms with Crippen LogP contribution in [0.1, 0.15) is 0 Å². The summed E-state index contributed by atoms with van der Waals surface area (Å²) in [6.45, 7) is 0. The summed E-state index contributed by atoms with van der Waals surface area (Å²) in [6.07, 6.45) is 3.61. The molecule has 0 saturated carbocycles. The van der Waals surface area contributed by atoms with Crippen LogP contribution in [-0.4, -0.2) is 15.0 Å². The third-order valence-corrected chi connectivity index (χ3v) is 9.16. The Bertz CT molecular complexity index is 2480. The first-order valence-electron chi connectivity index (χ1n) is 16.2. The lowest BCUT2D eigenvalue weighted by molar-refractivity contribution is 1.22. The zero-order chi connectivity index (χ0) is 31.9. The van der Waals surface area contributed by atoms with Gasteiger partial charge in [0, 0.05) is 12.4 Å². The Labute approximate surface area is 278 Å². The number of aromatic nitrogens is 3. The van der Waals surface area contributed by atoms with Crippen molar-refractivity contribution in [2.45, 2.75) is 0 Å². The van der Waals surface area contributed by atoms with E-state index in [1.807, 2.05) is 36.4 Å².